The first kappa shape index (κ1) is 12.1. The van der Waals surface area contributed by atoms with Gasteiger partial charge in [0.25, 0.3) is 0 Å². The van der Waals surface area contributed by atoms with Crippen LogP contribution in [-0.4, -0.2) is 5.78 Å². The number of carbonyl (C=O) groups is 1. The summed E-state index contributed by atoms with van der Waals surface area (Å²) in [5, 5.41) is 0. The minimum Gasteiger partial charge on any atom is -0.293 e. The molecule has 0 N–H and O–H groups in total. The number of hydrogen-bond acceptors (Lipinski definition) is 2. The van der Waals surface area contributed by atoms with E-state index in [1.54, 1.807) is 11.3 Å². The van der Waals surface area contributed by atoms with Crippen molar-refractivity contribution in [2.24, 2.45) is 0 Å². The summed E-state index contributed by atoms with van der Waals surface area (Å²) in [5.41, 5.74) is 3.42. The highest BCUT2D eigenvalue weighted by atomic mass is 32.1. The lowest BCUT2D eigenvalue weighted by Crippen LogP contribution is -2.02. The Morgan fingerprint density at radius 1 is 1.12 bits per heavy atom. The average molecular weight is 244 g/mol. The Morgan fingerprint density at radius 2 is 1.76 bits per heavy atom. The lowest BCUT2D eigenvalue weighted by atomic mass is 10.1. The fraction of sp³-hybridized carbons (Fsp3) is 0.267. The quantitative estimate of drug-likeness (QED) is 0.743. The first-order chi connectivity index (χ1) is 8.06. The van der Waals surface area contributed by atoms with E-state index in [4.69, 9.17) is 0 Å². The molecule has 2 aromatic rings. The van der Waals surface area contributed by atoms with E-state index < -0.39 is 0 Å². The molecule has 0 aliphatic carbocycles. The summed E-state index contributed by atoms with van der Waals surface area (Å²) >= 11 is 1.60. The maximum atomic E-state index is 12.1. The highest BCUT2D eigenvalue weighted by molar-refractivity contribution is 7.14. The number of ketones is 1. The summed E-state index contributed by atoms with van der Waals surface area (Å²) in [6.07, 6.45) is 0.501. The number of aryl methyl sites for hydroxylation is 3. The van der Waals surface area contributed by atoms with Crippen molar-refractivity contribution >= 4 is 17.1 Å². The number of benzene rings is 1. The third kappa shape index (κ3) is 2.83. The van der Waals surface area contributed by atoms with Crippen LogP contribution in [0.1, 0.15) is 31.2 Å². The summed E-state index contributed by atoms with van der Waals surface area (Å²) in [7, 11) is 0. The van der Waals surface area contributed by atoms with Gasteiger partial charge < -0.3 is 0 Å². The van der Waals surface area contributed by atoms with E-state index in [0.717, 1.165) is 16.0 Å². The number of hydrogen-bond donors (Lipinski definition) is 0. The van der Waals surface area contributed by atoms with E-state index in [9.17, 15) is 4.79 Å². The molecule has 1 aromatic carbocycles. The van der Waals surface area contributed by atoms with Crippen LogP contribution in [0.3, 0.4) is 0 Å². The van der Waals surface area contributed by atoms with Crippen molar-refractivity contribution in [1.82, 2.24) is 0 Å². The van der Waals surface area contributed by atoms with Gasteiger partial charge in [0.1, 0.15) is 0 Å². The summed E-state index contributed by atoms with van der Waals surface area (Å²) in [6, 6.07) is 10.2. The van der Waals surface area contributed by atoms with Gasteiger partial charge in [0, 0.05) is 11.3 Å². The largest absolute Gasteiger partial charge is 0.293 e. The average Bonchev–Trinajstić information content (AvgIpc) is 2.61. The highest BCUT2D eigenvalue weighted by Crippen LogP contribution is 2.22. The van der Waals surface area contributed by atoms with Crippen LogP contribution in [0.4, 0.5) is 0 Å². The SMILES string of the molecule is Cc1ccc(CC(=O)c2sc(C)cc2C)cc1. The molecule has 0 atom stereocenters. The molecular weight excluding hydrogens is 228 g/mol. The molecule has 17 heavy (non-hydrogen) atoms. The predicted octanol–water partition coefficient (Wildman–Crippen LogP) is 4.10. The van der Waals surface area contributed by atoms with E-state index in [2.05, 4.69) is 25.1 Å². The van der Waals surface area contributed by atoms with Crippen molar-refractivity contribution in [3.05, 3.63) is 56.8 Å². The molecule has 2 rings (SSSR count). The Bertz CT molecular complexity index is 535. The molecule has 0 radical (unpaired) electrons. The molecule has 0 fully saturated rings. The first-order valence-corrected chi connectivity index (χ1v) is 6.53. The zero-order valence-electron chi connectivity index (χ0n) is 10.4. The maximum absolute atomic E-state index is 12.1. The van der Waals surface area contributed by atoms with Crippen LogP contribution in [0.2, 0.25) is 0 Å². The Balaban J connectivity index is 2.17. The van der Waals surface area contributed by atoms with Crippen LogP contribution < -0.4 is 0 Å². The second kappa shape index (κ2) is 4.84. The normalized spacial score (nSPS) is 10.5. The van der Waals surface area contributed by atoms with E-state index in [0.29, 0.717) is 6.42 Å². The monoisotopic (exact) mass is 244 g/mol. The van der Waals surface area contributed by atoms with Crippen LogP contribution in [0, 0.1) is 20.8 Å². The minimum absolute atomic E-state index is 0.226. The summed E-state index contributed by atoms with van der Waals surface area (Å²) in [4.78, 5) is 14.3. The molecule has 1 nitrogen and oxygen atoms in total. The van der Waals surface area contributed by atoms with E-state index >= 15 is 0 Å². The van der Waals surface area contributed by atoms with Gasteiger partial charge in [-0.3, -0.25) is 4.79 Å². The number of Topliss-reactive ketones (excluding diaryl/α,β-unsaturated/α-hetero) is 1. The van der Waals surface area contributed by atoms with Crippen LogP contribution in [0.25, 0.3) is 0 Å². The van der Waals surface area contributed by atoms with E-state index in [1.165, 1.54) is 10.4 Å². The topological polar surface area (TPSA) is 17.1 Å². The Hall–Kier alpha value is -1.41. The summed E-state index contributed by atoms with van der Waals surface area (Å²) < 4.78 is 0. The molecular formula is C15H16OS. The third-order valence-corrected chi connectivity index (χ3v) is 3.97. The van der Waals surface area contributed by atoms with Crippen molar-refractivity contribution in [3.63, 3.8) is 0 Å². The minimum atomic E-state index is 0.226. The molecule has 0 aliphatic rings. The molecule has 1 heterocycles. The molecule has 0 unspecified atom stereocenters. The molecule has 88 valence electrons. The van der Waals surface area contributed by atoms with Gasteiger partial charge in [-0.05, 0) is 38.0 Å². The fourth-order valence-corrected chi connectivity index (χ4v) is 2.85. The lowest BCUT2D eigenvalue weighted by Gasteiger charge is -2.01. The Morgan fingerprint density at radius 3 is 2.29 bits per heavy atom. The molecule has 0 saturated heterocycles. The number of rotatable bonds is 3. The van der Waals surface area contributed by atoms with Gasteiger partial charge in [0.05, 0.1) is 4.88 Å². The van der Waals surface area contributed by atoms with Crippen molar-refractivity contribution in [3.8, 4) is 0 Å². The molecule has 0 amide bonds. The van der Waals surface area contributed by atoms with Crippen molar-refractivity contribution in [1.29, 1.82) is 0 Å². The van der Waals surface area contributed by atoms with Gasteiger partial charge in [-0.2, -0.15) is 0 Å². The van der Waals surface area contributed by atoms with Crippen molar-refractivity contribution in [2.45, 2.75) is 27.2 Å². The molecule has 0 spiro atoms. The maximum Gasteiger partial charge on any atom is 0.177 e. The van der Waals surface area contributed by atoms with Gasteiger partial charge in [0.15, 0.2) is 5.78 Å². The number of thiophene rings is 1. The first-order valence-electron chi connectivity index (χ1n) is 5.72. The summed E-state index contributed by atoms with van der Waals surface area (Å²) in [5.74, 6) is 0.226. The van der Waals surface area contributed by atoms with Crippen LogP contribution in [-0.2, 0) is 6.42 Å². The smallest absolute Gasteiger partial charge is 0.177 e. The highest BCUT2D eigenvalue weighted by Gasteiger charge is 2.12. The van der Waals surface area contributed by atoms with E-state index in [-0.39, 0.29) is 5.78 Å². The Labute approximate surface area is 106 Å². The molecule has 2 heteroatoms. The molecule has 0 aliphatic heterocycles. The van der Waals surface area contributed by atoms with Gasteiger partial charge in [-0.15, -0.1) is 11.3 Å². The lowest BCUT2D eigenvalue weighted by molar-refractivity contribution is 0.0996. The second-order valence-corrected chi connectivity index (χ2v) is 5.71. The summed E-state index contributed by atoms with van der Waals surface area (Å²) in [6.45, 7) is 6.10. The van der Waals surface area contributed by atoms with Crippen LogP contribution in [0.5, 0.6) is 0 Å². The fourth-order valence-electron chi connectivity index (χ4n) is 1.89. The van der Waals surface area contributed by atoms with Crippen LogP contribution >= 0.6 is 11.3 Å². The zero-order valence-corrected chi connectivity index (χ0v) is 11.2. The van der Waals surface area contributed by atoms with Gasteiger partial charge in [-0.1, -0.05) is 29.8 Å². The van der Waals surface area contributed by atoms with Crippen molar-refractivity contribution in [2.75, 3.05) is 0 Å². The van der Waals surface area contributed by atoms with Gasteiger partial charge in [-0.25, -0.2) is 0 Å². The van der Waals surface area contributed by atoms with Crippen molar-refractivity contribution < 1.29 is 4.79 Å². The third-order valence-electron chi connectivity index (χ3n) is 2.78. The molecule has 1 aromatic heterocycles. The van der Waals surface area contributed by atoms with Gasteiger partial charge in [0.2, 0.25) is 0 Å². The van der Waals surface area contributed by atoms with E-state index in [1.807, 2.05) is 26.0 Å². The number of carbonyl (C=O) groups excluding carboxylic acids is 1. The standard InChI is InChI=1S/C15H16OS/c1-10-4-6-13(7-5-10)9-14(16)15-11(2)8-12(3)17-15/h4-8H,9H2,1-3H3. The Kier molecular flexibility index (Phi) is 3.43. The molecule has 0 saturated carbocycles. The second-order valence-electron chi connectivity index (χ2n) is 4.45. The predicted molar refractivity (Wildman–Crippen MR) is 73.0 cm³/mol. The van der Waals surface area contributed by atoms with Gasteiger partial charge >= 0.3 is 0 Å². The van der Waals surface area contributed by atoms with Crippen LogP contribution in [0.15, 0.2) is 30.3 Å². The molecule has 0 bridgehead atoms. The zero-order chi connectivity index (χ0) is 12.4.